The van der Waals surface area contributed by atoms with Gasteiger partial charge in [-0.15, -0.1) is 0 Å². The van der Waals surface area contributed by atoms with E-state index in [0.717, 1.165) is 19.2 Å². The lowest BCUT2D eigenvalue weighted by molar-refractivity contribution is -0.145. The summed E-state index contributed by atoms with van der Waals surface area (Å²) in [5.41, 5.74) is 6.83. The lowest BCUT2D eigenvalue weighted by atomic mass is 9.86. The zero-order valence-corrected chi connectivity index (χ0v) is 26.1. The molecule has 4 atom stereocenters. The SMILES string of the molecule is COC(=O)[C@@H](N)CSNC(=O)[C@@H](CCC(F)(F)F)[C@@H](/C=C/C(F)(F)F)C(=O)N[C@H]1N=C(c2cccc(F)c2)c2cccc(C)c2NC1=O. The van der Waals surface area contributed by atoms with E-state index in [9.17, 15) is 49.9 Å². The van der Waals surface area contributed by atoms with E-state index in [1.54, 1.807) is 25.1 Å². The molecular weight excluding hydrogens is 675 g/mol. The number of allylic oxidation sites excluding steroid dienone is 1. The van der Waals surface area contributed by atoms with Gasteiger partial charge in [0.15, 0.2) is 0 Å². The lowest BCUT2D eigenvalue weighted by Gasteiger charge is -2.25. The molecule has 0 radical (unpaired) electrons. The van der Waals surface area contributed by atoms with E-state index in [-0.39, 0.29) is 28.8 Å². The average molecular weight is 706 g/mol. The van der Waals surface area contributed by atoms with Crippen LogP contribution in [0.15, 0.2) is 59.6 Å². The molecule has 1 heterocycles. The first-order chi connectivity index (χ1) is 22.4. The first-order valence-electron chi connectivity index (χ1n) is 14.0. The van der Waals surface area contributed by atoms with Gasteiger partial charge in [0.05, 0.1) is 30.3 Å². The second kappa shape index (κ2) is 16.1. The van der Waals surface area contributed by atoms with E-state index in [0.29, 0.717) is 23.1 Å². The number of hydrogen-bond acceptors (Lipinski definition) is 8. The Hall–Kier alpha value is -4.45. The Balaban J connectivity index is 2.03. The van der Waals surface area contributed by atoms with E-state index < -0.39 is 84.8 Å². The Kier molecular flexibility index (Phi) is 12.7. The van der Waals surface area contributed by atoms with E-state index in [1.807, 2.05) is 0 Å². The van der Waals surface area contributed by atoms with Crippen molar-refractivity contribution in [2.45, 2.75) is 44.3 Å². The third-order valence-electron chi connectivity index (χ3n) is 6.90. The molecule has 0 saturated carbocycles. The van der Waals surface area contributed by atoms with Gasteiger partial charge in [0, 0.05) is 29.4 Å². The van der Waals surface area contributed by atoms with Gasteiger partial charge in [-0.25, -0.2) is 9.38 Å². The predicted octanol–water partition coefficient (Wildman–Crippen LogP) is 4.32. The van der Waals surface area contributed by atoms with Crippen molar-refractivity contribution >= 4 is 47.0 Å². The summed E-state index contributed by atoms with van der Waals surface area (Å²) in [5, 5.41) is 4.71. The summed E-state index contributed by atoms with van der Waals surface area (Å²) in [7, 11) is 1.04. The lowest BCUT2D eigenvalue weighted by Crippen LogP contribution is -2.48. The summed E-state index contributed by atoms with van der Waals surface area (Å²) in [6.07, 6.45) is -14.8. The molecule has 0 unspecified atom stereocenters. The second-order valence-electron chi connectivity index (χ2n) is 10.5. The van der Waals surface area contributed by atoms with Gasteiger partial charge in [0.1, 0.15) is 11.9 Å². The zero-order chi connectivity index (χ0) is 35.8. The number of esters is 1. The van der Waals surface area contributed by atoms with Gasteiger partial charge >= 0.3 is 18.3 Å². The molecule has 10 nitrogen and oxygen atoms in total. The van der Waals surface area contributed by atoms with Gasteiger partial charge in [-0.1, -0.05) is 36.4 Å². The van der Waals surface area contributed by atoms with Gasteiger partial charge in [0.2, 0.25) is 18.0 Å². The van der Waals surface area contributed by atoms with Gasteiger partial charge in [-0.05, 0) is 43.0 Å². The first kappa shape index (κ1) is 38.0. The fraction of sp³-hybridized carbons (Fsp3) is 0.367. The minimum Gasteiger partial charge on any atom is -0.468 e. The highest BCUT2D eigenvalue weighted by atomic mass is 32.2. The maximum atomic E-state index is 14.2. The Morgan fingerprint density at radius 2 is 1.79 bits per heavy atom. The molecule has 48 heavy (non-hydrogen) atoms. The second-order valence-corrected chi connectivity index (χ2v) is 11.3. The van der Waals surface area contributed by atoms with Crippen LogP contribution in [0.3, 0.4) is 0 Å². The van der Waals surface area contributed by atoms with Gasteiger partial charge in [-0.3, -0.25) is 23.9 Å². The smallest absolute Gasteiger partial charge is 0.409 e. The number of anilines is 1. The molecule has 0 aromatic heterocycles. The van der Waals surface area contributed by atoms with Crippen molar-refractivity contribution in [3.8, 4) is 0 Å². The number of nitrogens with zero attached hydrogens (tertiary/aromatic N) is 1. The third-order valence-corrected chi connectivity index (χ3v) is 7.77. The number of methoxy groups -OCH3 is 1. The number of para-hydroxylation sites is 1. The number of fused-ring (bicyclic) bond motifs is 1. The number of hydrogen-bond donors (Lipinski definition) is 4. The number of rotatable bonds is 12. The Morgan fingerprint density at radius 3 is 2.42 bits per heavy atom. The number of nitrogens with one attached hydrogen (secondary N) is 3. The van der Waals surface area contributed by atoms with Gasteiger partial charge < -0.3 is 21.1 Å². The standard InChI is InChI=1S/C30H30F7N5O5S/c1-15-5-3-8-20-22(15)40-27(45)24(39-23(20)16-6-4-7-17(31)13-16)41-25(43)18(9-11-29(32,33)34)19(10-12-30(35,36)37)26(44)42-48-14-21(38)28(46)47-2/h3-9,11,13,18-19,21,24H,10,12,14,38H2,1-2H3,(H,40,45)(H,41,43)(H,42,44)/b11-9+/t18-,19+,21+,24-/m1/s1. The highest BCUT2D eigenvalue weighted by Crippen LogP contribution is 2.31. The minimum absolute atomic E-state index is 0.00365. The van der Waals surface area contributed by atoms with Crippen molar-refractivity contribution in [1.82, 2.24) is 10.0 Å². The maximum Gasteiger partial charge on any atom is 0.409 e. The molecule has 0 aliphatic carbocycles. The van der Waals surface area contributed by atoms with Crippen molar-refractivity contribution < 1.29 is 54.6 Å². The maximum absolute atomic E-state index is 14.2. The summed E-state index contributed by atoms with van der Waals surface area (Å²) < 4.78 is 100. The number of amides is 3. The summed E-state index contributed by atoms with van der Waals surface area (Å²) in [5.74, 6) is -9.87. The zero-order valence-electron chi connectivity index (χ0n) is 25.2. The Bertz CT molecular complexity index is 1580. The van der Waals surface area contributed by atoms with Crippen LogP contribution in [0.1, 0.15) is 29.5 Å². The van der Waals surface area contributed by atoms with E-state index in [4.69, 9.17) is 5.73 Å². The highest BCUT2D eigenvalue weighted by Gasteiger charge is 2.39. The normalized spacial score (nSPS) is 16.9. The number of ether oxygens (including phenoxy) is 1. The Labute approximate surface area is 273 Å². The molecule has 18 heteroatoms. The highest BCUT2D eigenvalue weighted by molar-refractivity contribution is 7.98. The largest absolute Gasteiger partial charge is 0.468 e. The molecule has 1 aliphatic heterocycles. The third kappa shape index (κ3) is 10.8. The van der Waals surface area contributed by atoms with Crippen LogP contribution < -0.4 is 21.1 Å². The molecule has 0 spiro atoms. The molecule has 3 rings (SSSR count). The minimum atomic E-state index is -5.05. The van der Waals surface area contributed by atoms with Crippen LogP contribution in [0.4, 0.5) is 36.4 Å². The van der Waals surface area contributed by atoms with Crippen molar-refractivity contribution in [3.63, 3.8) is 0 Å². The number of halogens is 7. The van der Waals surface area contributed by atoms with Crippen molar-refractivity contribution in [3.05, 3.63) is 77.1 Å². The summed E-state index contributed by atoms with van der Waals surface area (Å²) in [6.45, 7) is 1.64. The van der Waals surface area contributed by atoms with Crippen molar-refractivity contribution in [2.24, 2.45) is 22.6 Å². The van der Waals surface area contributed by atoms with E-state index in [1.165, 1.54) is 12.1 Å². The number of aryl methyl sites for hydroxylation is 1. The molecular formula is C30H30F7N5O5S. The molecule has 2 aromatic carbocycles. The van der Waals surface area contributed by atoms with E-state index in [2.05, 4.69) is 25.1 Å². The van der Waals surface area contributed by atoms with Gasteiger partial charge in [-0.2, -0.15) is 26.3 Å². The van der Waals surface area contributed by atoms with Crippen molar-refractivity contribution in [1.29, 1.82) is 0 Å². The fourth-order valence-corrected chi connectivity index (χ4v) is 5.27. The van der Waals surface area contributed by atoms with Crippen LogP contribution in [0, 0.1) is 24.6 Å². The monoisotopic (exact) mass is 705 g/mol. The van der Waals surface area contributed by atoms with Crippen LogP contribution in [0.2, 0.25) is 0 Å². The number of carbonyl (C=O) groups is 4. The molecule has 0 fully saturated rings. The molecule has 5 N–H and O–H groups in total. The quantitative estimate of drug-likeness (QED) is 0.111. The van der Waals surface area contributed by atoms with Gasteiger partial charge in [0.25, 0.3) is 5.91 Å². The Morgan fingerprint density at radius 1 is 1.10 bits per heavy atom. The van der Waals surface area contributed by atoms with Crippen LogP contribution in [0.25, 0.3) is 0 Å². The predicted molar refractivity (Wildman–Crippen MR) is 162 cm³/mol. The number of benzodiazepines with no additional fused rings is 1. The topological polar surface area (TPSA) is 152 Å². The van der Waals surface area contributed by atoms with Crippen molar-refractivity contribution in [2.75, 3.05) is 18.2 Å². The first-order valence-corrected chi connectivity index (χ1v) is 15.0. The van der Waals surface area contributed by atoms with E-state index >= 15 is 0 Å². The number of aliphatic imine (C=N–C) groups is 1. The molecule has 260 valence electrons. The summed E-state index contributed by atoms with van der Waals surface area (Å²) >= 11 is 0.458. The number of alkyl halides is 6. The molecule has 2 aromatic rings. The molecule has 0 bridgehead atoms. The number of carbonyl (C=O) groups excluding carboxylic acids is 4. The molecule has 3 amide bonds. The van der Waals surface area contributed by atoms with Crippen LogP contribution in [-0.4, -0.2) is 66.8 Å². The summed E-state index contributed by atoms with van der Waals surface area (Å²) in [4.78, 5) is 55.9. The molecule has 1 aliphatic rings. The number of nitrogens with two attached hydrogens (primary N) is 1. The summed E-state index contributed by atoms with van der Waals surface area (Å²) in [6, 6.07) is 8.58. The molecule has 0 saturated heterocycles. The van der Waals surface area contributed by atoms with Crippen LogP contribution in [-0.2, 0) is 23.9 Å². The van der Waals surface area contributed by atoms with Crippen LogP contribution >= 0.6 is 11.9 Å². The average Bonchev–Trinajstić information content (AvgIpc) is 3.13. The van der Waals surface area contributed by atoms with Crippen LogP contribution in [0.5, 0.6) is 0 Å². The fourth-order valence-electron chi connectivity index (χ4n) is 4.58. The number of benzene rings is 2.